The maximum absolute atomic E-state index is 3.57. The van der Waals surface area contributed by atoms with Gasteiger partial charge in [-0.2, -0.15) is 0 Å². The third kappa shape index (κ3) is 3.24. The first-order chi connectivity index (χ1) is 10.3. The van der Waals surface area contributed by atoms with Gasteiger partial charge in [-0.1, -0.05) is 12.1 Å². The molecule has 21 heavy (non-hydrogen) atoms. The zero-order chi connectivity index (χ0) is 14.7. The fourth-order valence-electron chi connectivity index (χ4n) is 4.02. The number of benzene rings is 1. The average molecular weight is 287 g/mol. The lowest BCUT2D eigenvalue weighted by atomic mass is 9.86. The van der Waals surface area contributed by atoms with E-state index < -0.39 is 0 Å². The Hall–Kier alpha value is -1.06. The van der Waals surface area contributed by atoms with Gasteiger partial charge in [0, 0.05) is 31.2 Å². The molecule has 2 aliphatic heterocycles. The van der Waals surface area contributed by atoms with Crippen molar-refractivity contribution >= 4 is 5.69 Å². The molecule has 116 valence electrons. The van der Waals surface area contributed by atoms with Crippen molar-refractivity contribution < 1.29 is 0 Å². The Bertz CT molecular complexity index is 466. The van der Waals surface area contributed by atoms with Gasteiger partial charge < -0.3 is 15.5 Å². The smallest absolute Gasteiger partial charge is 0.0402 e. The Balaban J connectivity index is 1.78. The SMILES string of the molecule is CCN1CC(CC2CCCNC2)c2cc(CNC)ccc21. The molecule has 0 radical (unpaired) electrons. The first-order valence-corrected chi connectivity index (χ1v) is 8.55. The van der Waals surface area contributed by atoms with Gasteiger partial charge in [0.2, 0.25) is 0 Å². The topological polar surface area (TPSA) is 27.3 Å². The third-order valence-electron chi connectivity index (χ3n) is 5.09. The van der Waals surface area contributed by atoms with Crippen molar-refractivity contribution in [2.45, 2.75) is 38.6 Å². The number of fused-ring (bicyclic) bond motifs is 1. The van der Waals surface area contributed by atoms with Crippen LogP contribution in [0.25, 0.3) is 0 Å². The zero-order valence-electron chi connectivity index (χ0n) is 13.5. The molecule has 2 atom stereocenters. The number of rotatable bonds is 5. The molecule has 1 fully saturated rings. The van der Waals surface area contributed by atoms with Crippen molar-refractivity contribution in [1.82, 2.24) is 10.6 Å². The van der Waals surface area contributed by atoms with Gasteiger partial charge in [-0.3, -0.25) is 0 Å². The molecule has 0 amide bonds. The molecular formula is C18H29N3. The summed E-state index contributed by atoms with van der Waals surface area (Å²) in [6.07, 6.45) is 4.10. The van der Waals surface area contributed by atoms with Crippen LogP contribution in [0.4, 0.5) is 5.69 Å². The minimum Gasteiger partial charge on any atom is -0.371 e. The van der Waals surface area contributed by atoms with E-state index in [0.29, 0.717) is 0 Å². The third-order valence-corrected chi connectivity index (χ3v) is 5.09. The molecule has 0 bridgehead atoms. The van der Waals surface area contributed by atoms with Gasteiger partial charge >= 0.3 is 0 Å². The first-order valence-electron chi connectivity index (χ1n) is 8.55. The highest BCUT2D eigenvalue weighted by atomic mass is 15.1. The van der Waals surface area contributed by atoms with E-state index in [1.54, 1.807) is 5.56 Å². The fraction of sp³-hybridized carbons (Fsp3) is 0.667. The lowest BCUT2D eigenvalue weighted by molar-refractivity contribution is 0.338. The zero-order valence-corrected chi connectivity index (χ0v) is 13.5. The summed E-state index contributed by atoms with van der Waals surface area (Å²) < 4.78 is 0. The number of likely N-dealkylation sites (N-methyl/N-ethyl adjacent to an activating group) is 1. The van der Waals surface area contributed by atoms with Crippen LogP contribution in [-0.2, 0) is 6.54 Å². The Morgan fingerprint density at radius 2 is 2.29 bits per heavy atom. The molecule has 0 aliphatic carbocycles. The van der Waals surface area contributed by atoms with Crippen LogP contribution in [0, 0.1) is 5.92 Å². The highest BCUT2D eigenvalue weighted by molar-refractivity contribution is 5.61. The van der Waals surface area contributed by atoms with Gasteiger partial charge in [0.15, 0.2) is 0 Å². The van der Waals surface area contributed by atoms with Crippen LogP contribution in [0.5, 0.6) is 0 Å². The number of hydrogen-bond acceptors (Lipinski definition) is 3. The standard InChI is InChI=1S/C18H29N3/c1-3-21-13-16(9-14-5-4-8-20-12-14)17-10-15(11-19-2)6-7-18(17)21/h6-7,10,14,16,19-20H,3-5,8-9,11-13H2,1-2H3. The van der Waals surface area contributed by atoms with E-state index in [1.165, 1.54) is 50.1 Å². The van der Waals surface area contributed by atoms with Crippen LogP contribution in [0.15, 0.2) is 18.2 Å². The van der Waals surface area contributed by atoms with Crippen LogP contribution in [-0.4, -0.2) is 33.2 Å². The van der Waals surface area contributed by atoms with E-state index in [2.05, 4.69) is 40.7 Å². The first kappa shape index (κ1) is 14.9. The summed E-state index contributed by atoms with van der Waals surface area (Å²) in [5.41, 5.74) is 4.49. The molecular weight excluding hydrogens is 258 g/mol. The van der Waals surface area contributed by atoms with Crippen LogP contribution in [0.3, 0.4) is 0 Å². The average Bonchev–Trinajstić information content (AvgIpc) is 2.86. The Morgan fingerprint density at radius 3 is 3.00 bits per heavy atom. The van der Waals surface area contributed by atoms with E-state index in [9.17, 15) is 0 Å². The minimum absolute atomic E-state index is 0.724. The highest BCUT2D eigenvalue weighted by Crippen LogP contribution is 2.40. The molecule has 2 unspecified atom stereocenters. The molecule has 3 nitrogen and oxygen atoms in total. The molecule has 2 N–H and O–H groups in total. The van der Waals surface area contributed by atoms with Crippen molar-refractivity contribution in [2.24, 2.45) is 5.92 Å². The van der Waals surface area contributed by atoms with E-state index >= 15 is 0 Å². The maximum Gasteiger partial charge on any atom is 0.0402 e. The van der Waals surface area contributed by atoms with Gasteiger partial charge in [-0.05, 0) is 69.4 Å². The summed E-state index contributed by atoms with van der Waals surface area (Å²) in [4.78, 5) is 2.55. The molecule has 3 rings (SSSR count). The quantitative estimate of drug-likeness (QED) is 0.872. The van der Waals surface area contributed by atoms with Gasteiger partial charge in [0.05, 0.1) is 0 Å². The number of hydrogen-bond donors (Lipinski definition) is 2. The fourth-order valence-corrected chi connectivity index (χ4v) is 4.02. The highest BCUT2D eigenvalue weighted by Gasteiger charge is 2.30. The second kappa shape index (κ2) is 6.80. The molecule has 3 heteroatoms. The maximum atomic E-state index is 3.57. The monoisotopic (exact) mass is 287 g/mol. The van der Waals surface area contributed by atoms with Crippen molar-refractivity contribution in [3.63, 3.8) is 0 Å². The van der Waals surface area contributed by atoms with Crippen LogP contribution >= 0.6 is 0 Å². The Labute approximate surface area is 129 Å². The summed E-state index contributed by atoms with van der Waals surface area (Å²) in [5.74, 6) is 1.59. The van der Waals surface area contributed by atoms with E-state index in [0.717, 1.165) is 24.9 Å². The summed E-state index contributed by atoms with van der Waals surface area (Å²) in [6.45, 7) is 8.01. The summed E-state index contributed by atoms with van der Waals surface area (Å²) >= 11 is 0. The lowest BCUT2D eigenvalue weighted by Gasteiger charge is -2.26. The number of piperidine rings is 1. The molecule has 0 spiro atoms. The van der Waals surface area contributed by atoms with Crippen LogP contribution in [0.1, 0.15) is 43.2 Å². The number of nitrogens with one attached hydrogen (secondary N) is 2. The van der Waals surface area contributed by atoms with Gasteiger partial charge in [-0.15, -0.1) is 0 Å². The summed E-state index contributed by atoms with van der Waals surface area (Å²) in [6, 6.07) is 7.07. The molecule has 2 aliphatic rings. The van der Waals surface area contributed by atoms with Crippen molar-refractivity contribution in [1.29, 1.82) is 0 Å². The second-order valence-electron chi connectivity index (χ2n) is 6.61. The largest absolute Gasteiger partial charge is 0.371 e. The summed E-state index contributed by atoms with van der Waals surface area (Å²) in [5, 5.41) is 6.84. The Kier molecular flexibility index (Phi) is 4.81. The number of anilines is 1. The van der Waals surface area contributed by atoms with Crippen molar-refractivity contribution in [2.75, 3.05) is 38.1 Å². The molecule has 1 aromatic rings. The van der Waals surface area contributed by atoms with E-state index in [-0.39, 0.29) is 0 Å². The van der Waals surface area contributed by atoms with Crippen LogP contribution < -0.4 is 15.5 Å². The molecule has 2 heterocycles. The molecule has 0 aromatic heterocycles. The van der Waals surface area contributed by atoms with Gasteiger partial charge in [-0.25, -0.2) is 0 Å². The Morgan fingerprint density at radius 1 is 1.38 bits per heavy atom. The van der Waals surface area contributed by atoms with Crippen LogP contribution in [0.2, 0.25) is 0 Å². The molecule has 0 saturated carbocycles. The predicted molar refractivity (Wildman–Crippen MR) is 90.0 cm³/mol. The van der Waals surface area contributed by atoms with Crippen molar-refractivity contribution in [3.05, 3.63) is 29.3 Å². The minimum atomic E-state index is 0.724. The van der Waals surface area contributed by atoms with Crippen molar-refractivity contribution in [3.8, 4) is 0 Å². The normalized spacial score (nSPS) is 25.1. The van der Waals surface area contributed by atoms with E-state index in [1.807, 2.05) is 7.05 Å². The predicted octanol–water partition coefficient (Wildman–Crippen LogP) is 2.72. The lowest BCUT2D eigenvalue weighted by Crippen LogP contribution is -2.31. The summed E-state index contributed by atoms with van der Waals surface area (Å²) in [7, 11) is 2.02. The second-order valence-corrected chi connectivity index (χ2v) is 6.61. The molecule has 1 aromatic carbocycles. The van der Waals surface area contributed by atoms with Gasteiger partial charge in [0.25, 0.3) is 0 Å². The van der Waals surface area contributed by atoms with E-state index in [4.69, 9.17) is 0 Å². The number of nitrogens with zero attached hydrogens (tertiary/aromatic N) is 1. The van der Waals surface area contributed by atoms with Gasteiger partial charge in [0.1, 0.15) is 0 Å². The molecule has 1 saturated heterocycles.